The summed E-state index contributed by atoms with van der Waals surface area (Å²) in [6.07, 6.45) is 3.86. The molecule has 3 aromatic rings. The van der Waals surface area contributed by atoms with Crippen molar-refractivity contribution in [1.29, 1.82) is 0 Å². The zero-order valence-electron chi connectivity index (χ0n) is 13.7. The first-order valence-corrected chi connectivity index (χ1v) is 8.54. The lowest BCUT2D eigenvalue weighted by molar-refractivity contribution is -0.111. The van der Waals surface area contributed by atoms with Gasteiger partial charge in [0.15, 0.2) is 0 Å². The van der Waals surface area contributed by atoms with Gasteiger partial charge in [0, 0.05) is 18.1 Å². The molecule has 0 saturated heterocycles. The molecule has 0 fully saturated rings. The molecule has 1 N–H and O–H groups in total. The molecule has 0 aliphatic heterocycles. The van der Waals surface area contributed by atoms with E-state index in [2.05, 4.69) is 15.5 Å². The number of nitrogens with one attached hydrogen (secondary N) is 1. The summed E-state index contributed by atoms with van der Waals surface area (Å²) in [4.78, 5) is 12.1. The Morgan fingerprint density at radius 3 is 2.68 bits per heavy atom. The zero-order valence-corrected chi connectivity index (χ0v) is 14.5. The largest absolute Gasteiger partial charge is 0.496 e. The first-order valence-electron chi connectivity index (χ1n) is 7.73. The third-order valence-corrected chi connectivity index (χ3v) is 4.29. The quantitative estimate of drug-likeness (QED) is 0.686. The second-order valence-electron chi connectivity index (χ2n) is 5.23. The van der Waals surface area contributed by atoms with Gasteiger partial charge >= 0.3 is 0 Å². The third-order valence-electron chi connectivity index (χ3n) is 3.45. The first kappa shape index (κ1) is 16.9. The van der Waals surface area contributed by atoms with Crippen molar-refractivity contribution in [2.24, 2.45) is 0 Å². The highest BCUT2D eigenvalue weighted by atomic mass is 32.1. The summed E-state index contributed by atoms with van der Waals surface area (Å²) < 4.78 is 5.25. The minimum Gasteiger partial charge on any atom is -0.496 e. The molecule has 25 heavy (non-hydrogen) atoms. The van der Waals surface area contributed by atoms with Gasteiger partial charge in [0.05, 0.1) is 7.11 Å². The predicted molar refractivity (Wildman–Crippen MR) is 99.8 cm³/mol. The van der Waals surface area contributed by atoms with E-state index in [9.17, 15) is 4.79 Å². The van der Waals surface area contributed by atoms with Gasteiger partial charge in [-0.25, -0.2) is 0 Å². The number of aromatic nitrogens is 2. The normalized spacial score (nSPS) is 10.8. The minimum absolute atomic E-state index is 0.256. The lowest BCUT2D eigenvalue weighted by atomic mass is 10.2. The molecular formula is C19H17N3O2S. The Kier molecular flexibility index (Phi) is 5.53. The van der Waals surface area contributed by atoms with Gasteiger partial charge in [0.25, 0.3) is 0 Å². The van der Waals surface area contributed by atoms with Gasteiger partial charge in [-0.15, -0.1) is 10.2 Å². The van der Waals surface area contributed by atoms with E-state index in [1.54, 1.807) is 13.2 Å². The van der Waals surface area contributed by atoms with Crippen molar-refractivity contribution in [3.05, 3.63) is 76.8 Å². The number of ether oxygens (including phenoxy) is 1. The van der Waals surface area contributed by atoms with Crippen LogP contribution in [-0.4, -0.2) is 23.2 Å². The molecule has 1 aromatic heterocycles. The third kappa shape index (κ3) is 4.74. The molecule has 0 saturated carbocycles. The maximum Gasteiger partial charge on any atom is 0.250 e. The minimum atomic E-state index is -0.256. The van der Waals surface area contributed by atoms with E-state index in [-0.39, 0.29) is 5.91 Å². The molecule has 1 amide bonds. The average Bonchev–Trinajstić information content (AvgIpc) is 3.07. The molecule has 0 spiro atoms. The number of amides is 1. The first-order chi connectivity index (χ1) is 12.2. The molecule has 5 nitrogen and oxygen atoms in total. The monoisotopic (exact) mass is 351 g/mol. The van der Waals surface area contributed by atoms with Crippen LogP contribution in [0.4, 0.5) is 5.13 Å². The molecule has 0 atom stereocenters. The number of para-hydroxylation sites is 1. The van der Waals surface area contributed by atoms with Gasteiger partial charge in [-0.3, -0.25) is 10.1 Å². The highest BCUT2D eigenvalue weighted by molar-refractivity contribution is 7.15. The number of benzene rings is 2. The number of rotatable bonds is 6. The Morgan fingerprint density at radius 2 is 1.88 bits per heavy atom. The number of carbonyl (C=O) groups excluding carboxylic acids is 1. The molecule has 0 aliphatic carbocycles. The molecule has 0 radical (unpaired) electrons. The second-order valence-corrected chi connectivity index (χ2v) is 6.29. The van der Waals surface area contributed by atoms with E-state index in [1.165, 1.54) is 17.4 Å². The van der Waals surface area contributed by atoms with Gasteiger partial charge < -0.3 is 4.74 Å². The van der Waals surface area contributed by atoms with Gasteiger partial charge in [0.2, 0.25) is 11.0 Å². The zero-order chi connectivity index (χ0) is 17.5. The van der Waals surface area contributed by atoms with Gasteiger partial charge in [0.1, 0.15) is 10.8 Å². The second kappa shape index (κ2) is 8.21. The topological polar surface area (TPSA) is 64.1 Å². The maximum atomic E-state index is 12.1. The van der Waals surface area contributed by atoms with Crippen molar-refractivity contribution in [3.8, 4) is 5.75 Å². The van der Waals surface area contributed by atoms with Gasteiger partial charge in [-0.1, -0.05) is 59.9 Å². The standard InChI is InChI=1S/C19H17N3O2S/c1-24-16-10-6-5-9-15(16)11-12-17(23)20-19-22-21-18(25-19)13-14-7-3-2-4-8-14/h2-12H,13H2,1H3,(H,20,22,23)/b12-11+. The van der Waals surface area contributed by atoms with Crippen molar-refractivity contribution in [3.63, 3.8) is 0 Å². The Balaban J connectivity index is 1.61. The molecule has 0 aliphatic rings. The van der Waals surface area contributed by atoms with E-state index in [1.807, 2.05) is 54.6 Å². The van der Waals surface area contributed by atoms with Crippen LogP contribution in [0.15, 0.2) is 60.7 Å². The molecule has 0 bridgehead atoms. The summed E-state index contributed by atoms with van der Waals surface area (Å²) in [7, 11) is 1.60. The summed E-state index contributed by atoms with van der Waals surface area (Å²) in [5.74, 6) is 0.459. The highest BCUT2D eigenvalue weighted by Crippen LogP contribution is 2.20. The molecule has 2 aromatic carbocycles. The average molecular weight is 351 g/mol. The molecule has 6 heteroatoms. The van der Waals surface area contributed by atoms with Crippen LogP contribution in [0, 0.1) is 0 Å². The van der Waals surface area contributed by atoms with Crippen LogP contribution in [0.2, 0.25) is 0 Å². The predicted octanol–water partition coefficient (Wildman–Crippen LogP) is 3.79. The van der Waals surface area contributed by atoms with Crippen LogP contribution in [0.1, 0.15) is 16.1 Å². The molecule has 126 valence electrons. The van der Waals surface area contributed by atoms with Crippen molar-refractivity contribution in [1.82, 2.24) is 10.2 Å². The SMILES string of the molecule is COc1ccccc1/C=C/C(=O)Nc1nnc(Cc2ccccc2)s1. The fourth-order valence-corrected chi connectivity index (χ4v) is 3.04. The van der Waals surface area contributed by atoms with E-state index < -0.39 is 0 Å². The van der Waals surface area contributed by atoms with Crippen molar-refractivity contribution < 1.29 is 9.53 Å². The number of carbonyl (C=O) groups is 1. The smallest absolute Gasteiger partial charge is 0.250 e. The molecule has 3 rings (SSSR count). The Labute approximate surface area is 150 Å². The van der Waals surface area contributed by atoms with Crippen LogP contribution in [0.3, 0.4) is 0 Å². The maximum absolute atomic E-state index is 12.1. The number of methoxy groups -OCH3 is 1. The van der Waals surface area contributed by atoms with Crippen molar-refractivity contribution in [2.45, 2.75) is 6.42 Å². The summed E-state index contributed by atoms with van der Waals surface area (Å²) in [5.41, 5.74) is 2.00. The van der Waals surface area contributed by atoms with E-state index >= 15 is 0 Å². The van der Waals surface area contributed by atoms with E-state index in [4.69, 9.17) is 4.74 Å². The fourth-order valence-electron chi connectivity index (χ4n) is 2.26. The molecule has 0 unspecified atom stereocenters. The van der Waals surface area contributed by atoms with Crippen molar-refractivity contribution >= 4 is 28.5 Å². The highest BCUT2D eigenvalue weighted by Gasteiger charge is 2.07. The Hall–Kier alpha value is -2.99. The van der Waals surface area contributed by atoms with E-state index in [0.717, 1.165) is 16.1 Å². The summed E-state index contributed by atoms with van der Waals surface area (Å²) in [5, 5.41) is 12.2. The molecule has 1 heterocycles. The Bertz CT molecular complexity index is 875. The van der Waals surface area contributed by atoms with Crippen molar-refractivity contribution in [2.75, 3.05) is 12.4 Å². The number of anilines is 1. The van der Waals surface area contributed by atoms with Crippen LogP contribution < -0.4 is 10.1 Å². The summed E-state index contributed by atoms with van der Waals surface area (Å²) >= 11 is 1.37. The number of hydrogen-bond donors (Lipinski definition) is 1. The van der Waals surface area contributed by atoms with Crippen LogP contribution in [-0.2, 0) is 11.2 Å². The summed E-state index contributed by atoms with van der Waals surface area (Å²) in [6, 6.07) is 17.5. The van der Waals surface area contributed by atoms with Crippen LogP contribution in [0.5, 0.6) is 5.75 Å². The number of nitrogens with zero attached hydrogens (tertiary/aromatic N) is 2. The number of hydrogen-bond acceptors (Lipinski definition) is 5. The van der Waals surface area contributed by atoms with E-state index in [0.29, 0.717) is 17.3 Å². The van der Waals surface area contributed by atoms with Gasteiger partial charge in [-0.2, -0.15) is 0 Å². The van der Waals surface area contributed by atoms with Crippen LogP contribution in [0.25, 0.3) is 6.08 Å². The lowest BCUT2D eigenvalue weighted by Crippen LogP contribution is -2.07. The fraction of sp³-hybridized carbons (Fsp3) is 0.105. The lowest BCUT2D eigenvalue weighted by Gasteiger charge is -2.03. The molecular weight excluding hydrogens is 334 g/mol. The Morgan fingerprint density at radius 1 is 1.12 bits per heavy atom. The van der Waals surface area contributed by atoms with Gasteiger partial charge in [-0.05, 0) is 17.7 Å². The summed E-state index contributed by atoms with van der Waals surface area (Å²) in [6.45, 7) is 0. The van der Waals surface area contributed by atoms with Crippen LogP contribution >= 0.6 is 11.3 Å².